The van der Waals surface area contributed by atoms with Crippen LogP contribution in [0.5, 0.6) is 5.75 Å². The van der Waals surface area contributed by atoms with E-state index in [9.17, 15) is 4.79 Å². The molecule has 4 aromatic rings. The first-order valence-electron chi connectivity index (χ1n) is 12.3. The van der Waals surface area contributed by atoms with Crippen molar-refractivity contribution in [1.29, 1.82) is 0 Å². The molecule has 1 atom stereocenters. The van der Waals surface area contributed by atoms with E-state index < -0.39 is 0 Å². The highest BCUT2D eigenvalue weighted by Gasteiger charge is 2.11. The molecule has 0 radical (unpaired) electrons. The maximum Gasteiger partial charge on any atom is 0.277 e. The molecular formula is C30H32N4O2. The van der Waals surface area contributed by atoms with Crippen LogP contribution in [0.1, 0.15) is 49.3 Å². The number of carbonyl (C=O) groups excluding carboxylic acids is 1. The molecule has 0 spiro atoms. The Morgan fingerprint density at radius 1 is 1.06 bits per heavy atom. The summed E-state index contributed by atoms with van der Waals surface area (Å²) in [6.45, 7) is 6.34. The molecule has 0 saturated heterocycles. The van der Waals surface area contributed by atoms with Crippen molar-refractivity contribution in [1.82, 2.24) is 15.2 Å². The lowest BCUT2D eigenvalue weighted by atomic mass is 9.97. The van der Waals surface area contributed by atoms with Gasteiger partial charge in [-0.15, -0.1) is 0 Å². The number of ether oxygens (including phenoxy) is 1. The molecule has 0 saturated carbocycles. The summed E-state index contributed by atoms with van der Waals surface area (Å²) in [5.74, 6) is 0.840. The Balaban J connectivity index is 1.41. The van der Waals surface area contributed by atoms with E-state index >= 15 is 0 Å². The number of hydrogen-bond acceptors (Lipinski definition) is 4. The Morgan fingerprint density at radius 3 is 2.47 bits per heavy atom. The zero-order valence-electron chi connectivity index (χ0n) is 21.0. The minimum atomic E-state index is -0.331. The molecule has 0 unspecified atom stereocenters. The lowest BCUT2D eigenvalue weighted by Crippen LogP contribution is -2.24. The Kier molecular flexibility index (Phi) is 8.29. The molecule has 184 valence electrons. The minimum Gasteiger partial charge on any atom is -0.484 e. The van der Waals surface area contributed by atoms with Crippen molar-refractivity contribution in [2.75, 3.05) is 6.61 Å². The van der Waals surface area contributed by atoms with Crippen molar-refractivity contribution in [3.63, 3.8) is 0 Å². The van der Waals surface area contributed by atoms with E-state index in [4.69, 9.17) is 9.84 Å². The number of aromatic nitrogens is 2. The van der Waals surface area contributed by atoms with Gasteiger partial charge in [0.25, 0.3) is 5.91 Å². The summed E-state index contributed by atoms with van der Waals surface area (Å²) in [5.41, 5.74) is 8.50. The average Bonchev–Trinajstić information content (AvgIpc) is 3.33. The van der Waals surface area contributed by atoms with Gasteiger partial charge in [0, 0.05) is 17.3 Å². The van der Waals surface area contributed by atoms with Gasteiger partial charge in [0.05, 0.1) is 11.9 Å². The van der Waals surface area contributed by atoms with Crippen LogP contribution in [0.3, 0.4) is 0 Å². The average molecular weight is 481 g/mol. The van der Waals surface area contributed by atoms with Crippen LogP contribution < -0.4 is 10.2 Å². The maximum atomic E-state index is 12.3. The van der Waals surface area contributed by atoms with Crippen LogP contribution in [0, 0.1) is 6.92 Å². The molecule has 3 aromatic carbocycles. The van der Waals surface area contributed by atoms with Gasteiger partial charge in [0.15, 0.2) is 6.61 Å². The third-order valence-electron chi connectivity index (χ3n) is 6.02. The summed E-state index contributed by atoms with van der Waals surface area (Å²) in [6.07, 6.45) is 5.82. The predicted molar refractivity (Wildman–Crippen MR) is 145 cm³/mol. The zero-order chi connectivity index (χ0) is 25.3. The first-order chi connectivity index (χ1) is 17.5. The van der Waals surface area contributed by atoms with Gasteiger partial charge in [-0.2, -0.15) is 10.2 Å². The van der Waals surface area contributed by atoms with Crippen LogP contribution >= 0.6 is 0 Å². The molecule has 0 fully saturated rings. The third kappa shape index (κ3) is 6.48. The minimum absolute atomic E-state index is 0.116. The van der Waals surface area contributed by atoms with Crippen molar-refractivity contribution in [2.24, 2.45) is 5.10 Å². The van der Waals surface area contributed by atoms with Crippen molar-refractivity contribution in [3.8, 4) is 22.7 Å². The Bertz CT molecular complexity index is 1290. The van der Waals surface area contributed by atoms with E-state index in [0.717, 1.165) is 35.3 Å². The smallest absolute Gasteiger partial charge is 0.277 e. The van der Waals surface area contributed by atoms with Crippen molar-refractivity contribution in [3.05, 3.63) is 102 Å². The number of nitrogens with one attached hydrogen (secondary N) is 1. The number of para-hydroxylation sites is 1. The highest BCUT2D eigenvalue weighted by Crippen LogP contribution is 2.24. The first kappa shape index (κ1) is 24.9. The van der Waals surface area contributed by atoms with E-state index in [-0.39, 0.29) is 12.5 Å². The Labute approximate surface area is 212 Å². The maximum absolute atomic E-state index is 12.3. The van der Waals surface area contributed by atoms with Crippen molar-refractivity contribution < 1.29 is 9.53 Å². The summed E-state index contributed by atoms with van der Waals surface area (Å²) >= 11 is 0. The molecule has 1 heterocycles. The molecule has 1 amide bonds. The van der Waals surface area contributed by atoms with Gasteiger partial charge in [-0.25, -0.2) is 10.1 Å². The molecule has 0 aliphatic heterocycles. The van der Waals surface area contributed by atoms with Gasteiger partial charge in [-0.05, 0) is 49.1 Å². The molecule has 0 bridgehead atoms. The third-order valence-corrected chi connectivity index (χ3v) is 6.02. The number of carbonyl (C=O) groups is 1. The number of amides is 1. The number of rotatable bonds is 10. The van der Waals surface area contributed by atoms with Crippen LogP contribution in [0.25, 0.3) is 16.9 Å². The topological polar surface area (TPSA) is 68.5 Å². The molecule has 0 aliphatic carbocycles. The predicted octanol–water partition coefficient (Wildman–Crippen LogP) is 6.28. The van der Waals surface area contributed by atoms with Gasteiger partial charge < -0.3 is 4.74 Å². The van der Waals surface area contributed by atoms with Crippen LogP contribution in [0.4, 0.5) is 0 Å². The fourth-order valence-corrected chi connectivity index (χ4v) is 3.98. The first-order valence-corrected chi connectivity index (χ1v) is 12.3. The number of hydrogen-bond donors (Lipinski definition) is 1. The second-order valence-corrected chi connectivity index (χ2v) is 8.92. The SMILES string of the molecule is CCC[C@H](C)c1ccc(OCC(=O)N/N=C\c2cn(-c3ccccc3)nc2-c2ccc(C)cc2)cc1. The molecule has 36 heavy (non-hydrogen) atoms. The van der Waals surface area contributed by atoms with E-state index in [1.54, 1.807) is 6.21 Å². The lowest BCUT2D eigenvalue weighted by molar-refractivity contribution is -0.123. The largest absolute Gasteiger partial charge is 0.484 e. The van der Waals surface area contributed by atoms with Crippen LogP contribution in [0.2, 0.25) is 0 Å². The second-order valence-electron chi connectivity index (χ2n) is 8.92. The summed E-state index contributed by atoms with van der Waals surface area (Å²) in [6, 6.07) is 26.0. The summed E-state index contributed by atoms with van der Waals surface area (Å²) in [4.78, 5) is 12.3. The van der Waals surface area contributed by atoms with E-state index in [1.807, 2.05) is 84.5 Å². The fraction of sp³-hybridized carbons (Fsp3) is 0.233. The molecule has 1 aromatic heterocycles. The van der Waals surface area contributed by atoms with Gasteiger partial charge in [-0.1, -0.05) is 80.4 Å². The molecular weight excluding hydrogens is 448 g/mol. The second kappa shape index (κ2) is 12.0. The number of hydrazone groups is 1. The van der Waals surface area contributed by atoms with Crippen molar-refractivity contribution in [2.45, 2.75) is 39.5 Å². The monoisotopic (exact) mass is 480 g/mol. The molecule has 6 heteroatoms. The zero-order valence-corrected chi connectivity index (χ0v) is 21.0. The van der Waals surface area contributed by atoms with Gasteiger partial charge in [0.1, 0.15) is 11.4 Å². The summed E-state index contributed by atoms with van der Waals surface area (Å²) in [5, 5.41) is 8.94. The summed E-state index contributed by atoms with van der Waals surface area (Å²) < 4.78 is 7.44. The van der Waals surface area contributed by atoms with E-state index in [1.165, 1.54) is 11.1 Å². The fourth-order valence-electron chi connectivity index (χ4n) is 3.98. The van der Waals surface area contributed by atoms with Gasteiger partial charge >= 0.3 is 0 Å². The lowest BCUT2D eigenvalue weighted by Gasteiger charge is -2.11. The number of nitrogens with zero attached hydrogens (tertiary/aromatic N) is 3. The van der Waals surface area contributed by atoms with Crippen LogP contribution in [-0.2, 0) is 4.79 Å². The highest BCUT2D eigenvalue weighted by atomic mass is 16.5. The van der Waals surface area contributed by atoms with Crippen LogP contribution in [-0.4, -0.2) is 28.5 Å². The molecule has 0 aliphatic rings. The van der Waals surface area contributed by atoms with Gasteiger partial charge in [-0.3, -0.25) is 4.79 Å². The van der Waals surface area contributed by atoms with E-state index in [2.05, 4.69) is 36.5 Å². The highest BCUT2D eigenvalue weighted by molar-refractivity contribution is 5.89. The van der Waals surface area contributed by atoms with Crippen molar-refractivity contribution >= 4 is 12.1 Å². The normalized spacial score (nSPS) is 12.0. The summed E-state index contributed by atoms with van der Waals surface area (Å²) in [7, 11) is 0. The number of aryl methyl sites for hydroxylation is 1. The standard InChI is InChI=1S/C30H32N4O2/c1-4-8-23(3)24-15-17-28(18-16-24)36-21-29(35)32-31-19-26-20-34(27-9-6-5-7-10-27)33-30(26)25-13-11-22(2)12-14-25/h5-7,9-20,23H,4,8,21H2,1-3H3,(H,32,35)/b31-19-/t23-/m0/s1. The quantitative estimate of drug-likeness (QED) is 0.215. The van der Waals surface area contributed by atoms with E-state index in [0.29, 0.717) is 11.7 Å². The molecule has 1 N–H and O–H groups in total. The van der Waals surface area contributed by atoms with Crippen LogP contribution in [0.15, 0.2) is 90.2 Å². The van der Waals surface area contributed by atoms with Gasteiger partial charge in [0.2, 0.25) is 0 Å². The Hall–Kier alpha value is -4.19. The molecule has 4 rings (SSSR count). The Morgan fingerprint density at radius 2 is 1.78 bits per heavy atom. The number of benzene rings is 3. The molecule has 6 nitrogen and oxygen atoms in total.